The quantitative estimate of drug-likeness (QED) is 0.621. The van der Waals surface area contributed by atoms with Gasteiger partial charge in [-0.05, 0) is 25.0 Å². The minimum absolute atomic E-state index is 0.0764. The molecule has 0 atom stereocenters. The van der Waals surface area contributed by atoms with Crippen LogP contribution in [-0.4, -0.2) is 27.5 Å². The lowest BCUT2D eigenvalue weighted by Crippen LogP contribution is -2.04. The van der Waals surface area contributed by atoms with Crippen molar-refractivity contribution in [2.75, 3.05) is 6.61 Å². The predicted molar refractivity (Wildman–Crippen MR) is 75.4 cm³/mol. The Bertz CT molecular complexity index is 590. The molecule has 0 fully saturated rings. The van der Waals surface area contributed by atoms with E-state index in [1.807, 2.05) is 30.3 Å². The van der Waals surface area contributed by atoms with Crippen molar-refractivity contribution >= 4 is 5.97 Å². The van der Waals surface area contributed by atoms with Crippen LogP contribution in [0, 0.1) is 0 Å². The number of aromatic carboxylic acids is 1. The number of hydrogen-bond acceptors (Lipinski definition) is 3. The number of carboxylic acids is 1. The number of hydrogen-bond donors (Lipinski definition) is 1. The van der Waals surface area contributed by atoms with Crippen molar-refractivity contribution in [2.24, 2.45) is 0 Å². The van der Waals surface area contributed by atoms with E-state index in [4.69, 9.17) is 9.84 Å². The first-order valence-electron chi connectivity index (χ1n) is 6.34. The van der Waals surface area contributed by atoms with Crippen LogP contribution < -0.4 is 4.74 Å². The second-order valence-electron chi connectivity index (χ2n) is 4.21. The molecule has 0 unspecified atom stereocenters. The van der Waals surface area contributed by atoms with Gasteiger partial charge in [0.2, 0.25) is 5.69 Å². The van der Waals surface area contributed by atoms with E-state index >= 15 is 0 Å². The molecule has 0 saturated heterocycles. The summed E-state index contributed by atoms with van der Waals surface area (Å²) in [5.74, 6) is -0.816. The Morgan fingerprint density at radius 3 is 2.80 bits per heavy atom. The van der Waals surface area contributed by atoms with E-state index in [9.17, 15) is 4.79 Å². The topological polar surface area (TPSA) is 64.4 Å². The normalized spacial score (nSPS) is 10.2. The largest absolute Gasteiger partial charge is 0.489 e. The maximum atomic E-state index is 11.2. The zero-order valence-corrected chi connectivity index (χ0v) is 11.0. The number of carboxylic acid groups (broad SMARTS) is 1. The van der Waals surface area contributed by atoms with Crippen molar-refractivity contribution in [3.05, 3.63) is 54.9 Å². The highest BCUT2D eigenvalue weighted by atomic mass is 16.5. The number of benzene rings is 1. The molecule has 1 aromatic heterocycles. The Morgan fingerprint density at radius 1 is 1.40 bits per heavy atom. The predicted octanol–water partition coefficient (Wildman–Crippen LogP) is 2.92. The Hall–Kier alpha value is -2.56. The molecule has 0 amide bonds. The van der Waals surface area contributed by atoms with Gasteiger partial charge in [0.1, 0.15) is 0 Å². The highest BCUT2D eigenvalue weighted by molar-refractivity contribution is 5.88. The van der Waals surface area contributed by atoms with Crippen molar-refractivity contribution in [3.63, 3.8) is 0 Å². The number of rotatable bonds is 7. The van der Waals surface area contributed by atoms with Crippen molar-refractivity contribution in [1.82, 2.24) is 9.78 Å². The second-order valence-corrected chi connectivity index (χ2v) is 4.21. The number of ether oxygens (including phenoxy) is 1. The van der Waals surface area contributed by atoms with Crippen LogP contribution >= 0.6 is 0 Å². The molecular formula is C15H16N2O3. The summed E-state index contributed by atoms with van der Waals surface area (Å²) in [5.41, 5.74) is 0.711. The molecule has 0 aliphatic rings. The van der Waals surface area contributed by atoms with E-state index < -0.39 is 5.97 Å². The third-order valence-corrected chi connectivity index (χ3v) is 2.71. The monoisotopic (exact) mass is 272 g/mol. The van der Waals surface area contributed by atoms with Crippen LogP contribution in [0.25, 0.3) is 5.69 Å². The average Bonchev–Trinajstić information content (AvgIpc) is 2.89. The van der Waals surface area contributed by atoms with Gasteiger partial charge in [0.05, 0.1) is 18.5 Å². The van der Waals surface area contributed by atoms with E-state index in [0.29, 0.717) is 6.61 Å². The second kappa shape index (κ2) is 6.56. The Kier molecular flexibility index (Phi) is 4.55. The van der Waals surface area contributed by atoms with Crippen LogP contribution in [0.5, 0.6) is 5.75 Å². The minimum Gasteiger partial charge on any atom is -0.489 e. The van der Waals surface area contributed by atoms with Gasteiger partial charge >= 0.3 is 5.97 Å². The molecule has 0 saturated carbocycles. The number of nitrogens with zero attached hydrogens (tertiary/aromatic N) is 2. The Balaban J connectivity index is 2.20. The van der Waals surface area contributed by atoms with Crippen LogP contribution in [0.15, 0.2) is 49.2 Å². The molecule has 5 heteroatoms. The number of unbranched alkanes of at least 4 members (excludes halogenated alkanes) is 1. The van der Waals surface area contributed by atoms with Gasteiger partial charge in [-0.15, -0.1) is 6.58 Å². The Labute approximate surface area is 117 Å². The molecule has 104 valence electrons. The average molecular weight is 272 g/mol. The molecule has 2 aromatic rings. The van der Waals surface area contributed by atoms with Crippen LogP contribution in [0.3, 0.4) is 0 Å². The Morgan fingerprint density at radius 2 is 2.15 bits per heavy atom. The van der Waals surface area contributed by atoms with Gasteiger partial charge in [-0.1, -0.05) is 24.3 Å². The number of para-hydroxylation sites is 1. The first-order valence-corrected chi connectivity index (χ1v) is 6.34. The molecule has 1 N–H and O–H groups in total. The van der Waals surface area contributed by atoms with Gasteiger partial charge in [-0.25, -0.2) is 9.48 Å². The first-order chi connectivity index (χ1) is 9.72. The van der Waals surface area contributed by atoms with Crippen LogP contribution in [0.1, 0.15) is 23.3 Å². The van der Waals surface area contributed by atoms with E-state index in [2.05, 4.69) is 11.7 Å². The lowest BCUT2D eigenvalue weighted by atomic mass is 10.3. The van der Waals surface area contributed by atoms with Crippen molar-refractivity contribution in [2.45, 2.75) is 12.8 Å². The molecule has 20 heavy (non-hydrogen) atoms. The summed E-state index contributed by atoms with van der Waals surface area (Å²) in [6.07, 6.45) is 5.01. The fourth-order valence-corrected chi connectivity index (χ4v) is 1.73. The van der Waals surface area contributed by atoms with E-state index in [1.165, 1.54) is 4.68 Å². The van der Waals surface area contributed by atoms with Crippen molar-refractivity contribution in [1.29, 1.82) is 0 Å². The molecule has 2 rings (SSSR count). The molecule has 0 aliphatic carbocycles. The molecular weight excluding hydrogens is 256 g/mol. The van der Waals surface area contributed by atoms with Crippen molar-refractivity contribution in [3.8, 4) is 11.4 Å². The fraction of sp³-hybridized carbons (Fsp3) is 0.200. The third kappa shape index (κ3) is 3.26. The maximum Gasteiger partial charge on any atom is 0.360 e. The standard InChI is InChI=1S/C15H16N2O3/c1-2-3-7-10-20-13-11-17(16-14(13)15(18)19)12-8-5-4-6-9-12/h2,4-6,8-9,11H,1,3,7,10H2,(H,18,19). The molecule has 0 radical (unpaired) electrons. The fourth-order valence-electron chi connectivity index (χ4n) is 1.73. The van der Waals surface area contributed by atoms with Gasteiger partial charge in [0.25, 0.3) is 0 Å². The van der Waals surface area contributed by atoms with Gasteiger partial charge in [-0.2, -0.15) is 5.10 Å². The lowest BCUT2D eigenvalue weighted by Gasteiger charge is -2.02. The highest BCUT2D eigenvalue weighted by Gasteiger charge is 2.17. The summed E-state index contributed by atoms with van der Waals surface area (Å²) >= 11 is 0. The molecule has 0 aliphatic heterocycles. The summed E-state index contributed by atoms with van der Waals surface area (Å²) in [7, 11) is 0. The molecule has 5 nitrogen and oxygen atoms in total. The molecule has 1 aromatic carbocycles. The number of carbonyl (C=O) groups is 1. The van der Waals surface area contributed by atoms with Gasteiger partial charge in [-0.3, -0.25) is 0 Å². The van der Waals surface area contributed by atoms with Crippen LogP contribution in [0.4, 0.5) is 0 Å². The zero-order chi connectivity index (χ0) is 14.4. The van der Waals surface area contributed by atoms with E-state index in [-0.39, 0.29) is 11.4 Å². The molecule has 1 heterocycles. The first kappa shape index (κ1) is 13.9. The van der Waals surface area contributed by atoms with E-state index in [0.717, 1.165) is 18.5 Å². The summed E-state index contributed by atoms with van der Waals surface area (Å²) in [6.45, 7) is 4.07. The summed E-state index contributed by atoms with van der Waals surface area (Å²) in [6, 6.07) is 9.31. The smallest absolute Gasteiger partial charge is 0.360 e. The van der Waals surface area contributed by atoms with Crippen LogP contribution in [-0.2, 0) is 0 Å². The van der Waals surface area contributed by atoms with Crippen molar-refractivity contribution < 1.29 is 14.6 Å². The molecule has 0 bridgehead atoms. The number of allylic oxidation sites excluding steroid dienone is 1. The minimum atomic E-state index is -1.10. The summed E-state index contributed by atoms with van der Waals surface area (Å²) in [4.78, 5) is 11.2. The lowest BCUT2D eigenvalue weighted by molar-refractivity contribution is 0.0685. The summed E-state index contributed by atoms with van der Waals surface area (Å²) < 4.78 is 7.00. The zero-order valence-electron chi connectivity index (χ0n) is 11.0. The van der Waals surface area contributed by atoms with Gasteiger partial charge in [0.15, 0.2) is 5.75 Å². The van der Waals surface area contributed by atoms with Gasteiger partial charge in [0, 0.05) is 0 Å². The third-order valence-electron chi connectivity index (χ3n) is 2.71. The number of aromatic nitrogens is 2. The highest BCUT2D eigenvalue weighted by Crippen LogP contribution is 2.20. The van der Waals surface area contributed by atoms with Gasteiger partial charge < -0.3 is 9.84 Å². The van der Waals surface area contributed by atoms with Crippen LogP contribution in [0.2, 0.25) is 0 Å². The SMILES string of the molecule is C=CCCCOc1cn(-c2ccccc2)nc1C(=O)O. The maximum absolute atomic E-state index is 11.2. The summed E-state index contributed by atoms with van der Waals surface area (Å²) in [5, 5.41) is 13.2. The molecule has 0 spiro atoms. The van der Waals surface area contributed by atoms with E-state index in [1.54, 1.807) is 12.3 Å².